The third-order valence-corrected chi connectivity index (χ3v) is 6.58. The van der Waals surface area contributed by atoms with Crippen molar-refractivity contribution < 1.29 is 13.5 Å². The first-order chi connectivity index (χ1) is 10.0. The molecule has 2 aliphatic rings. The minimum Gasteiger partial charge on any atom is -0.393 e. The zero-order chi connectivity index (χ0) is 14.9. The van der Waals surface area contributed by atoms with Crippen molar-refractivity contribution in [2.24, 2.45) is 5.92 Å². The zero-order valence-electron chi connectivity index (χ0n) is 12.3. The monoisotopic (exact) mass is 312 g/mol. The summed E-state index contributed by atoms with van der Waals surface area (Å²) < 4.78 is 24.9. The van der Waals surface area contributed by atoms with Gasteiger partial charge in [0.05, 0.1) is 29.3 Å². The highest BCUT2D eigenvalue weighted by molar-refractivity contribution is 7.91. The number of aliphatic hydroxyl groups is 1. The van der Waals surface area contributed by atoms with Crippen LogP contribution in [0.3, 0.4) is 0 Å². The molecule has 0 radical (unpaired) electrons. The van der Waals surface area contributed by atoms with Crippen LogP contribution < -0.4 is 0 Å². The van der Waals surface area contributed by atoms with E-state index >= 15 is 0 Å². The quantitative estimate of drug-likeness (QED) is 0.898. The van der Waals surface area contributed by atoms with Gasteiger partial charge in [-0.15, -0.1) is 0 Å². The van der Waals surface area contributed by atoms with E-state index < -0.39 is 15.9 Å². The van der Waals surface area contributed by atoms with Gasteiger partial charge < -0.3 is 5.11 Å². The minimum absolute atomic E-state index is 0.113. The van der Waals surface area contributed by atoms with Gasteiger partial charge >= 0.3 is 0 Å². The Bertz CT molecular complexity index is 575. The molecule has 2 atom stereocenters. The van der Waals surface area contributed by atoms with Crippen LogP contribution in [0.5, 0.6) is 0 Å². The van der Waals surface area contributed by atoms with E-state index in [4.69, 9.17) is 0 Å². The van der Waals surface area contributed by atoms with Crippen LogP contribution in [0.1, 0.15) is 50.3 Å². The lowest BCUT2D eigenvalue weighted by atomic mass is 9.98. The van der Waals surface area contributed by atoms with Crippen LogP contribution in [-0.4, -0.2) is 40.9 Å². The Morgan fingerprint density at radius 1 is 1.33 bits per heavy atom. The second-order valence-corrected chi connectivity index (χ2v) is 8.82. The Balaban J connectivity index is 1.51. The summed E-state index contributed by atoms with van der Waals surface area (Å²) in [5.41, 5.74) is 0.912. The fourth-order valence-electron chi connectivity index (χ4n) is 3.63. The SMILES string of the molecule is O=S1(=O)CCC(CC(O)Cc2ccn(C3CCCC3)n2)C1. The molecule has 2 unspecified atom stereocenters. The molecule has 1 aromatic heterocycles. The molecule has 5 nitrogen and oxygen atoms in total. The van der Waals surface area contributed by atoms with Gasteiger partial charge in [-0.05, 0) is 37.7 Å². The summed E-state index contributed by atoms with van der Waals surface area (Å²) >= 11 is 0. The van der Waals surface area contributed by atoms with Crippen LogP contribution in [0.4, 0.5) is 0 Å². The van der Waals surface area contributed by atoms with Gasteiger partial charge in [0.1, 0.15) is 0 Å². The maximum atomic E-state index is 11.4. The molecule has 0 aromatic carbocycles. The van der Waals surface area contributed by atoms with Gasteiger partial charge in [-0.2, -0.15) is 5.10 Å². The van der Waals surface area contributed by atoms with Gasteiger partial charge in [0, 0.05) is 12.6 Å². The molecule has 1 aliphatic carbocycles. The van der Waals surface area contributed by atoms with E-state index in [1.807, 2.05) is 16.9 Å². The first-order valence-corrected chi connectivity index (χ1v) is 9.76. The number of aliphatic hydroxyl groups excluding tert-OH is 1. The Morgan fingerprint density at radius 3 is 2.76 bits per heavy atom. The summed E-state index contributed by atoms with van der Waals surface area (Å²) in [7, 11) is -2.85. The van der Waals surface area contributed by atoms with Crippen molar-refractivity contribution in [3.63, 3.8) is 0 Å². The van der Waals surface area contributed by atoms with Crippen molar-refractivity contribution in [3.05, 3.63) is 18.0 Å². The Kier molecular flexibility index (Phi) is 4.36. The normalized spacial score (nSPS) is 27.2. The maximum Gasteiger partial charge on any atom is 0.150 e. The Morgan fingerprint density at radius 2 is 2.10 bits per heavy atom. The number of rotatable bonds is 5. The average molecular weight is 312 g/mol. The van der Waals surface area contributed by atoms with E-state index in [1.54, 1.807) is 0 Å². The predicted molar refractivity (Wildman–Crippen MR) is 80.8 cm³/mol. The summed E-state index contributed by atoms with van der Waals surface area (Å²) in [5, 5.41) is 14.7. The van der Waals surface area contributed by atoms with Crippen molar-refractivity contribution >= 4 is 9.84 Å². The zero-order valence-corrected chi connectivity index (χ0v) is 13.1. The molecule has 118 valence electrons. The van der Waals surface area contributed by atoms with Crippen LogP contribution in [0.2, 0.25) is 0 Å². The Hall–Kier alpha value is -0.880. The molecule has 1 saturated carbocycles. The Labute approximate surface area is 126 Å². The molecule has 21 heavy (non-hydrogen) atoms. The van der Waals surface area contributed by atoms with Gasteiger partial charge in [-0.3, -0.25) is 4.68 Å². The number of aromatic nitrogens is 2. The van der Waals surface area contributed by atoms with Gasteiger partial charge in [0.2, 0.25) is 0 Å². The molecular weight excluding hydrogens is 288 g/mol. The molecule has 0 spiro atoms. The first kappa shape index (κ1) is 15.0. The molecule has 0 bridgehead atoms. The standard InChI is InChI=1S/C15H24N2O3S/c18-15(9-12-6-8-21(19,20)11-12)10-13-5-7-17(16-13)14-3-1-2-4-14/h5,7,12,14-15,18H,1-4,6,8-11H2. The summed E-state index contributed by atoms with van der Waals surface area (Å²) in [6, 6.07) is 2.50. The number of hydrogen-bond donors (Lipinski definition) is 1. The van der Waals surface area contributed by atoms with E-state index in [0.717, 1.165) is 5.69 Å². The molecule has 1 aliphatic heterocycles. The molecule has 3 rings (SSSR count). The lowest BCUT2D eigenvalue weighted by Gasteiger charge is -2.13. The van der Waals surface area contributed by atoms with Gasteiger partial charge in [-0.1, -0.05) is 12.8 Å². The van der Waals surface area contributed by atoms with Crippen molar-refractivity contribution in [1.82, 2.24) is 9.78 Å². The number of nitrogens with zero attached hydrogens (tertiary/aromatic N) is 2. The molecule has 2 fully saturated rings. The molecule has 1 saturated heterocycles. The molecule has 2 heterocycles. The highest BCUT2D eigenvalue weighted by Gasteiger charge is 2.29. The molecule has 1 aromatic rings. The number of sulfone groups is 1. The van der Waals surface area contributed by atoms with Crippen LogP contribution in [0, 0.1) is 5.92 Å². The summed E-state index contributed by atoms with van der Waals surface area (Å²) in [4.78, 5) is 0. The summed E-state index contributed by atoms with van der Waals surface area (Å²) in [5.74, 6) is 0.628. The van der Waals surface area contributed by atoms with Gasteiger partial charge in [0.25, 0.3) is 0 Å². The van der Waals surface area contributed by atoms with E-state index in [9.17, 15) is 13.5 Å². The maximum absolute atomic E-state index is 11.4. The molecule has 0 amide bonds. The van der Waals surface area contributed by atoms with E-state index in [1.165, 1.54) is 25.7 Å². The van der Waals surface area contributed by atoms with Crippen LogP contribution in [0.25, 0.3) is 0 Å². The topological polar surface area (TPSA) is 72.2 Å². The van der Waals surface area contributed by atoms with Crippen LogP contribution in [-0.2, 0) is 16.3 Å². The lowest BCUT2D eigenvalue weighted by molar-refractivity contribution is 0.145. The minimum atomic E-state index is -2.85. The van der Waals surface area contributed by atoms with E-state index in [-0.39, 0.29) is 17.4 Å². The molecule has 1 N–H and O–H groups in total. The summed E-state index contributed by atoms with van der Waals surface area (Å²) in [6.07, 6.45) is 8.25. The van der Waals surface area contributed by atoms with Crippen molar-refractivity contribution in [2.45, 2.75) is 57.1 Å². The molecular formula is C15H24N2O3S. The van der Waals surface area contributed by atoms with Crippen LogP contribution in [0.15, 0.2) is 12.3 Å². The average Bonchev–Trinajstić information content (AvgIpc) is 3.09. The van der Waals surface area contributed by atoms with Crippen molar-refractivity contribution in [1.29, 1.82) is 0 Å². The molecule has 6 heteroatoms. The third kappa shape index (κ3) is 3.86. The number of hydrogen-bond acceptors (Lipinski definition) is 4. The summed E-state index contributed by atoms with van der Waals surface area (Å²) in [6.45, 7) is 0. The van der Waals surface area contributed by atoms with Crippen molar-refractivity contribution in [3.8, 4) is 0 Å². The fraction of sp³-hybridized carbons (Fsp3) is 0.800. The van der Waals surface area contributed by atoms with Gasteiger partial charge in [-0.25, -0.2) is 8.42 Å². The first-order valence-electron chi connectivity index (χ1n) is 7.94. The fourth-order valence-corrected chi connectivity index (χ4v) is 5.51. The van der Waals surface area contributed by atoms with E-state index in [2.05, 4.69) is 5.10 Å². The van der Waals surface area contributed by atoms with Crippen molar-refractivity contribution in [2.75, 3.05) is 11.5 Å². The lowest BCUT2D eigenvalue weighted by Crippen LogP contribution is -2.18. The largest absolute Gasteiger partial charge is 0.393 e. The second kappa shape index (κ2) is 6.08. The second-order valence-electron chi connectivity index (χ2n) is 6.59. The smallest absolute Gasteiger partial charge is 0.150 e. The van der Waals surface area contributed by atoms with E-state index in [0.29, 0.717) is 25.3 Å². The highest BCUT2D eigenvalue weighted by Crippen LogP contribution is 2.29. The highest BCUT2D eigenvalue weighted by atomic mass is 32.2. The van der Waals surface area contributed by atoms with Gasteiger partial charge in [0.15, 0.2) is 9.84 Å². The predicted octanol–water partition coefficient (Wildman–Crippen LogP) is 1.73. The third-order valence-electron chi connectivity index (χ3n) is 4.74. The van der Waals surface area contributed by atoms with Crippen LogP contribution >= 0.6 is 0 Å².